The number of ether oxygens (including phenoxy) is 2. The van der Waals surface area contributed by atoms with E-state index in [1.54, 1.807) is 13.3 Å². The summed E-state index contributed by atoms with van der Waals surface area (Å²) in [7, 11) is 1.65. The van der Waals surface area contributed by atoms with Gasteiger partial charge in [-0.3, -0.25) is 9.78 Å². The van der Waals surface area contributed by atoms with Gasteiger partial charge in [0.05, 0.1) is 24.8 Å². The van der Waals surface area contributed by atoms with Crippen molar-refractivity contribution in [3.05, 3.63) is 65.4 Å². The first-order chi connectivity index (χ1) is 14.4. The number of rotatable bonds is 7. The van der Waals surface area contributed by atoms with Crippen molar-refractivity contribution >= 4 is 16.8 Å². The molecule has 1 fully saturated rings. The van der Waals surface area contributed by atoms with E-state index in [4.69, 9.17) is 9.47 Å². The molecule has 1 heterocycles. The van der Waals surface area contributed by atoms with Crippen LogP contribution in [-0.2, 0) is 5.54 Å². The van der Waals surface area contributed by atoms with E-state index < -0.39 is 5.54 Å². The Labute approximate surface area is 177 Å². The smallest absolute Gasteiger partial charge is 0.252 e. The van der Waals surface area contributed by atoms with Gasteiger partial charge < -0.3 is 14.8 Å². The van der Waals surface area contributed by atoms with Crippen LogP contribution in [0.15, 0.2) is 48.7 Å². The Hall–Kier alpha value is -3.08. The van der Waals surface area contributed by atoms with E-state index in [2.05, 4.69) is 30.2 Å². The summed E-state index contributed by atoms with van der Waals surface area (Å²) in [5.74, 6) is 1.81. The highest BCUT2D eigenvalue weighted by atomic mass is 16.5. The molecule has 0 bridgehead atoms. The Balaban J connectivity index is 1.65. The monoisotopic (exact) mass is 404 g/mol. The predicted molar refractivity (Wildman–Crippen MR) is 118 cm³/mol. The van der Waals surface area contributed by atoms with E-state index in [1.165, 1.54) is 0 Å². The molecule has 0 radical (unpaired) electrons. The Kier molecular flexibility index (Phi) is 5.37. The van der Waals surface area contributed by atoms with Crippen molar-refractivity contribution in [2.45, 2.75) is 39.2 Å². The van der Waals surface area contributed by atoms with E-state index in [9.17, 15) is 4.79 Å². The zero-order valence-electron chi connectivity index (χ0n) is 18.0. The molecular weight excluding hydrogens is 376 g/mol. The van der Waals surface area contributed by atoms with Gasteiger partial charge in [-0.15, -0.1) is 0 Å². The van der Waals surface area contributed by atoms with Gasteiger partial charge >= 0.3 is 0 Å². The van der Waals surface area contributed by atoms with Gasteiger partial charge in [0.15, 0.2) is 0 Å². The molecule has 1 aliphatic rings. The maximum absolute atomic E-state index is 13.3. The van der Waals surface area contributed by atoms with Crippen molar-refractivity contribution < 1.29 is 14.3 Å². The lowest BCUT2D eigenvalue weighted by Crippen LogP contribution is -2.35. The molecule has 0 unspecified atom stereocenters. The number of benzene rings is 2. The number of amides is 1. The molecule has 1 saturated carbocycles. The number of nitrogens with one attached hydrogen (secondary N) is 1. The summed E-state index contributed by atoms with van der Waals surface area (Å²) in [6, 6.07) is 13.6. The van der Waals surface area contributed by atoms with Gasteiger partial charge in [0.1, 0.15) is 11.5 Å². The molecule has 2 aromatic carbocycles. The molecular formula is C25H28N2O3. The van der Waals surface area contributed by atoms with Gasteiger partial charge in [-0.05, 0) is 61.1 Å². The van der Waals surface area contributed by atoms with Crippen LogP contribution in [0.4, 0.5) is 0 Å². The van der Waals surface area contributed by atoms with E-state index in [0.717, 1.165) is 46.4 Å². The van der Waals surface area contributed by atoms with Crippen LogP contribution < -0.4 is 14.8 Å². The third-order valence-electron chi connectivity index (χ3n) is 5.59. The summed E-state index contributed by atoms with van der Waals surface area (Å²) >= 11 is 0. The fourth-order valence-electron chi connectivity index (χ4n) is 3.74. The van der Waals surface area contributed by atoms with Crippen LogP contribution in [0, 0.1) is 12.8 Å². The Morgan fingerprint density at radius 1 is 1.17 bits per heavy atom. The number of aryl methyl sites for hydroxylation is 1. The normalized spacial score (nSPS) is 14.6. The molecule has 30 heavy (non-hydrogen) atoms. The van der Waals surface area contributed by atoms with E-state index in [1.807, 2.05) is 43.3 Å². The van der Waals surface area contributed by atoms with Gasteiger partial charge in [0.25, 0.3) is 5.91 Å². The molecule has 1 N–H and O–H groups in total. The van der Waals surface area contributed by atoms with Crippen molar-refractivity contribution in [2.75, 3.05) is 13.7 Å². The minimum Gasteiger partial charge on any atom is -0.497 e. The fraction of sp³-hybridized carbons (Fsp3) is 0.360. The van der Waals surface area contributed by atoms with Crippen LogP contribution in [-0.4, -0.2) is 24.6 Å². The number of hydrogen-bond donors (Lipinski definition) is 1. The van der Waals surface area contributed by atoms with Crippen molar-refractivity contribution in [1.29, 1.82) is 0 Å². The third-order valence-corrected chi connectivity index (χ3v) is 5.59. The zero-order valence-corrected chi connectivity index (χ0v) is 18.0. The second-order valence-corrected chi connectivity index (χ2v) is 8.46. The molecule has 0 saturated heterocycles. The predicted octanol–water partition coefficient (Wildman–Crippen LogP) is 5.01. The Morgan fingerprint density at radius 3 is 2.67 bits per heavy atom. The van der Waals surface area contributed by atoms with E-state index in [0.29, 0.717) is 18.1 Å². The molecule has 3 aromatic rings. The van der Waals surface area contributed by atoms with E-state index >= 15 is 0 Å². The topological polar surface area (TPSA) is 60.5 Å². The number of hydrogen-bond acceptors (Lipinski definition) is 4. The highest BCUT2D eigenvalue weighted by Gasteiger charge is 2.47. The lowest BCUT2D eigenvalue weighted by Gasteiger charge is -2.21. The highest BCUT2D eigenvalue weighted by Crippen LogP contribution is 2.49. The van der Waals surface area contributed by atoms with Gasteiger partial charge in [-0.1, -0.05) is 26.0 Å². The van der Waals surface area contributed by atoms with Crippen LogP contribution in [0.3, 0.4) is 0 Å². The summed E-state index contributed by atoms with van der Waals surface area (Å²) < 4.78 is 11.3. The molecule has 4 rings (SSSR count). The van der Waals surface area contributed by atoms with Gasteiger partial charge in [0, 0.05) is 23.2 Å². The fourth-order valence-corrected chi connectivity index (χ4v) is 3.74. The number of pyridine rings is 1. The van der Waals surface area contributed by atoms with Crippen molar-refractivity contribution in [1.82, 2.24) is 10.3 Å². The number of carbonyl (C=O) groups is 1. The van der Waals surface area contributed by atoms with Crippen molar-refractivity contribution in [2.24, 2.45) is 5.92 Å². The van der Waals surface area contributed by atoms with Gasteiger partial charge in [0.2, 0.25) is 0 Å². The zero-order chi connectivity index (χ0) is 21.3. The molecule has 5 heteroatoms. The largest absolute Gasteiger partial charge is 0.497 e. The summed E-state index contributed by atoms with van der Waals surface area (Å²) in [5.41, 5.74) is 3.11. The number of aromatic nitrogens is 1. The lowest BCUT2D eigenvalue weighted by atomic mass is 9.97. The molecule has 156 valence electrons. The van der Waals surface area contributed by atoms with Crippen LogP contribution in [0.2, 0.25) is 0 Å². The lowest BCUT2D eigenvalue weighted by molar-refractivity contribution is 0.0930. The molecule has 0 atom stereocenters. The molecule has 0 spiro atoms. The molecule has 1 amide bonds. The quantitative estimate of drug-likeness (QED) is 0.602. The Bertz CT molecular complexity index is 1090. The average molecular weight is 405 g/mol. The van der Waals surface area contributed by atoms with Gasteiger partial charge in [-0.2, -0.15) is 0 Å². The minimum absolute atomic E-state index is 0.0835. The molecule has 5 nitrogen and oxygen atoms in total. The van der Waals surface area contributed by atoms with Crippen LogP contribution in [0.25, 0.3) is 10.9 Å². The summed E-state index contributed by atoms with van der Waals surface area (Å²) in [4.78, 5) is 17.7. The van der Waals surface area contributed by atoms with Crippen LogP contribution >= 0.6 is 0 Å². The summed E-state index contributed by atoms with van der Waals surface area (Å²) in [5, 5.41) is 4.34. The molecule has 1 aliphatic carbocycles. The first-order valence-corrected chi connectivity index (χ1v) is 10.4. The number of fused-ring (bicyclic) bond motifs is 1. The third kappa shape index (κ3) is 3.97. The number of carbonyl (C=O) groups excluding carboxylic acids is 1. The average Bonchev–Trinajstić information content (AvgIpc) is 3.52. The van der Waals surface area contributed by atoms with Crippen LogP contribution in [0.1, 0.15) is 48.2 Å². The van der Waals surface area contributed by atoms with Gasteiger partial charge in [-0.25, -0.2) is 0 Å². The molecule has 0 aliphatic heterocycles. The molecule has 1 aromatic heterocycles. The second kappa shape index (κ2) is 7.98. The highest BCUT2D eigenvalue weighted by molar-refractivity contribution is 5.97. The maximum atomic E-state index is 13.3. The van der Waals surface area contributed by atoms with Crippen molar-refractivity contribution in [3.63, 3.8) is 0 Å². The first kappa shape index (κ1) is 20.2. The number of nitrogens with zero attached hydrogens (tertiary/aromatic N) is 1. The van der Waals surface area contributed by atoms with Crippen LogP contribution in [0.5, 0.6) is 11.5 Å². The standard InChI is InChI=1S/C25H28N2O3/c1-16(2)15-30-18-8-7-17(3)21(12-18)24(28)27-25(9-10-25)22-13-19(29-4)14-23-20(22)6-5-11-26-23/h5-8,11-14,16H,9-10,15H2,1-4H3,(H,27,28). The summed E-state index contributed by atoms with van der Waals surface area (Å²) in [6.07, 6.45) is 3.55. The Morgan fingerprint density at radius 2 is 1.97 bits per heavy atom. The second-order valence-electron chi connectivity index (χ2n) is 8.46. The SMILES string of the molecule is COc1cc(C2(NC(=O)c3cc(OCC(C)C)ccc3C)CC2)c2cccnc2c1. The van der Waals surface area contributed by atoms with Crippen molar-refractivity contribution in [3.8, 4) is 11.5 Å². The maximum Gasteiger partial charge on any atom is 0.252 e. The summed E-state index contributed by atoms with van der Waals surface area (Å²) in [6.45, 7) is 6.78. The minimum atomic E-state index is -0.395. The first-order valence-electron chi connectivity index (χ1n) is 10.4. The van der Waals surface area contributed by atoms with E-state index in [-0.39, 0.29) is 5.91 Å². The number of methoxy groups -OCH3 is 1.